The average Bonchev–Trinajstić information content (AvgIpc) is 2.72. The molecule has 1 aliphatic rings. The summed E-state index contributed by atoms with van der Waals surface area (Å²) in [6.45, 7) is -0.0447. The largest absolute Gasteiger partial charge is 0.573 e. The molecule has 1 saturated heterocycles. The summed E-state index contributed by atoms with van der Waals surface area (Å²) in [4.78, 5) is 13.7. The molecule has 0 spiro atoms. The predicted octanol–water partition coefficient (Wildman–Crippen LogP) is 2.88. The topological polar surface area (TPSA) is 76.2 Å². The van der Waals surface area contributed by atoms with Gasteiger partial charge in [-0.3, -0.25) is 4.79 Å². The second-order valence-electron chi connectivity index (χ2n) is 6.56. The van der Waals surface area contributed by atoms with Gasteiger partial charge in [0.25, 0.3) is 5.91 Å². The fourth-order valence-corrected chi connectivity index (χ4v) is 4.48. The number of benzene rings is 2. The number of ether oxygens (including phenoxy) is 2. The molecule has 3 rings (SSSR count). The predicted molar refractivity (Wildman–Crippen MR) is 101 cm³/mol. The number of sulfonamides is 1. The van der Waals surface area contributed by atoms with E-state index in [1.165, 1.54) is 24.1 Å². The van der Waals surface area contributed by atoms with E-state index in [0.717, 1.165) is 34.6 Å². The number of methoxy groups -OCH3 is 1. The lowest BCUT2D eigenvalue weighted by molar-refractivity contribution is -0.274. The van der Waals surface area contributed by atoms with E-state index in [0.29, 0.717) is 0 Å². The highest BCUT2D eigenvalue weighted by molar-refractivity contribution is 7.89. The lowest BCUT2D eigenvalue weighted by Gasteiger charge is -2.34. The second kappa shape index (κ2) is 8.71. The van der Waals surface area contributed by atoms with Crippen molar-refractivity contribution in [1.82, 2.24) is 9.21 Å². The molecule has 0 unspecified atom stereocenters. The molecule has 2 aromatic carbocycles. The summed E-state index contributed by atoms with van der Waals surface area (Å²) < 4.78 is 86.1. The smallest absolute Gasteiger partial charge is 0.497 e. The van der Waals surface area contributed by atoms with Gasteiger partial charge >= 0.3 is 6.36 Å². The number of carbonyl (C=O) groups excluding carboxylic acids is 1. The Morgan fingerprint density at radius 1 is 0.968 bits per heavy atom. The Morgan fingerprint density at radius 3 is 2.06 bits per heavy atom. The van der Waals surface area contributed by atoms with Gasteiger partial charge in [0, 0.05) is 32.2 Å². The van der Waals surface area contributed by atoms with E-state index in [-0.39, 0.29) is 42.4 Å². The van der Waals surface area contributed by atoms with Crippen LogP contribution >= 0.6 is 0 Å². The maximum Gasteiger partial charge on any atom is 0.573 e. The third kappa shape index (κ3) is 5.25. The van der Waals surface area contributed by atoms with Crippen LogP contribution in [0.4, 0.5) is 17.6 Å². The Labute approximate surface area is 175 Å². The number of hydrogen-bond acceptors (Lipinski definition) is 5. The Morgan fingerprint density at radius 2 is 1.55 bits per heavy atom. The van der Waals surface area contributed by atoms with Crippen LogP contribution in [-0.2, 0) is 10.0 Å². The Hall–Kier alpha value is -2.86. The zero-order valence-electron chi connectivity index (χ0n) is 16.2. The van der Waals surface area contributed by atoms with Gasteiger partial charge in [-0.25, -0.2) is 12.8 Å². The summed E-state index contributed by atoms with van der Waals surface area (Å²) >= 11 is 0. The summed E-state index contributed by atoms with van der Waals surface area (Å²) in [5.41, 5.74) is -0.155. The number of alkyl halides is 3. The van der Waals surface area contributed by atoms with Crippen molar-refractivity contribution in [2.75, 3.05) is 33.3 Å². The molecule has 0 N–H and O–H groups in total. The van der Waals surface area contributed by atoms with Crippen LogP contribution in [0.15, 0.2) is 47.4 Å². The van der Waals surface area contributed by atoms with Crippen LogP contribution in [0.3, 0.4) is 0 Å². The normalized spacial score (nSPS) is 15.6. The van der Waals surface area contributed by atoms with Crippen LogP contribution in [0.5, 0.6) is 11.5 Å². The van der Waals surface area contributed by atoms with Crippen molar-refractivity contribution in [3.8, 4) is 11.5 Å². The van der Waals surface area contributed by atoms with Crippen molar-refractivity contribution >= 4 is 15.9 Å². The van der Waals surface area contributed by atoms with Crippen molar-refractivity contribution in [2.45, 2.75) is 11.3 Å². The Kier molecular flexibility index (Phi) is 6.41. The number of nitrogens with zero attached hydrogens (tertiary/aromatic N) is 2. The first-order valence-corrected chi connectivity index (χ1v) is 10.4. The summed E-state index contributed by atoms with van der Waals surface area (Å²) in [5.74, 6) is -1.61. The monoisotopic (exact) mass is 462 g/mol. The van der Waals surface area contributed by atoms with Crippen LogP contribution in [0.1, 0.15) is 10.4 Å². The van der Waals surface area contributed by atoms with Crippen molar-refractivity contribution < 1.29 is 40.2 Å². The van der Waals surface area contributed by atoms with Crippen molar-refractivity contribution in [3.63, 3.8) is 0 Å². The molecule has 1 aliphatic heterocycles. The van der Waals surface area contributed by atoms with Crippen LogP contribution in [0, 0.1) is 5.82 Å². The molecule has 7 nitrogen and oxygen atoms in total. The van der Waals surface area contributed by atoms with Gasteiger partial charge in [-0.05, 0) is 36.4 Å². The molecule has 2 aromatic rings. The first-order valence-electron chi connectivity index (χ1n) is 9.00. The van der Waals surface area contributed by atoms with Gasteiger partial charge in [0.15, 0.2) is 0 Å². The molecule has 31 heavy (non-hydrogen) atoms. The zero-order valence-corrected chi connectivity index (χ0v) is 17.0. The first-order chi connectivity index (χ1) is 14.5. The van der Waals surface area contributed by atoms with E-state index < -0.39 is 33.9 Å². The van der Waals surface area contributed by atoms with Gasteiger partial charge < -0.3 is 14.4 Å². The lowest BCUT2D eigenvalue weighted by Crippen LogP contribution is -2.50. The molecule has 0 aliphatic carbocycles. The third-order valence-electron chi connectivity index (χ3n) is 4.63. The van der Waals surface area contributed by atoms with Gasteiger partial charge in [0.1, 0.15) is 17.3 Å². The van der Waals surface area contributed by atoms with Crippen molar-refractivity contribution in [1.29, 1.82) is 0 Å². The van der Waals surface area contributed by atoms with E-state index >= 15 is 0 Å². The SMILES string of the molecule is COc1ccc(C(=O)N2CCN(S(=O)(=O)c3ccc(OC(F)(F)F)cc3)CC2)c(F)c1. The number of carbonyl (C=O) groups is 1. The second-order valence-corrected chi connectivity index (χ2v) is 8.50. The quantitative estimate of drug-likeness (QED) is 0.639. The van der Waals surface area contributed by atoms with Gasteiger partial charge in [-0.2, -0.15) is 4.31 Å². The highest BCUT2D eigenvalue weighted by Crippen LogP contribution is 2.26. The van der Waals surface area contributed by atoms with Crippen LogP contribution < -0.4 is 9.47 Å². The minimum Gasteiger partial charge on any atom is -0.497 e. The first kappa shape index (κ1) is 22.8. The molecule has 0 bridgehead atoms. The van der Waals surface area contributed by atoms with E-state index in [9.17, 15) is 30.8 Å². The Bertz CT molecular complexity index is 1050. The van der Waals surface area contributed by atoms with E-state index in [4.69, 9.17) is 4.74 Å². The molecular formula is C19H18F4N2O5S. The number of amides is 1. The highest BCUT2D eigenvalue weighted by Gasteiger charge is 2.33. The molecular weight excluding hydrogens is 444 g/mol. The molecule has 0 radical (unpaired) electrons. The Balaban J connectivity index is 1.66. The number of rotatable bonds is 5. The zero-order chi connectivity index (χ0) is 22.8. The minimum absolute atomic E-state index is 0.0266. The summed E-state index contributed by atoms with van der Waals surface area (Å²) in [7, 11) is -2.62. The maximum absolute atomic E-state index is 14.2. The number of halogens is 4. The molecule has 1 amide bonds. The fourth-order valence-electron chi connectivity index (χ4n) is 3.06. The van der Waals surface area contributed by atoms with Gasteiger partial charge in [-0.1, -0.05) is 0 Å². The summed E-state index contributed by atoms with van der Waals surface area (Å²) in [6.07, 6.45) is -4.88. The van der Waals surface area contributed by atoms with Crippen LogP contribution in [0.2, 0.25) is 0 Å². The molecule has 12 heteroatoms. The number of piperazine rings is 1. The van der Waals surface area contributed by atoms with E-state index in [1.54, 1.807) is 0 Å². The number of hydrogen-bond donors (Lipinski definition) is 0. The summed E-state index contributed by atoms with van der Waals surface area (Å²) in [5, 5.41) is 0. The fraction of sp³-hybridized carbons (Fsp3) is 0.316. The highest BCUT2D eigenvalue weighted by atomic mass is 32.2. The molecule has 168 valence electrons. The van der Waals surface area contributed by atoms with Crippen LogP contribution in [-0.4, -0.2) is 63.2 Å². The molecule has 0 atom stereocenters. The van der Waals surface area contributed by atoms with Crippen molar-refractivity contribution in [2.24, 2.45) is 0 Å². The molecule has 0 aromatic heterocycles. The van der Waals surface area contributed by atoms with Crippen molar-refractivity contribution in [3.05, 3.63) is 53.8 Å². The molecule has 1 heterocycles. The molecule has 1 fully saturated rings. The van der Waals surface area contributed by atoms with Gasteiger partial charge in [0.2, 0.25) is 10.0 Å². The third-order valence-corrected chi connectivity index (χ3v) is 6.54. The molecule has 0 saturated carbocycles. The standard InChI is InChI=1S/C19H18F4N2O5S/c1-29-14-4-7-16(17(20)12-14)18(26)24-8-10-25(11-9-24)31(27,28)15-5-2-13(3-6-15)30-19(21,22)23/h2-7,12H,8-11H2,1H3. The summed E-state index contributed by atoms with van der Waals surface area (Å²) in [6, 6.07) is 7.67. The van der Waals surface area contributed by atoms with Gasteiger partial charge in [0.05, 0.1) is 17.6 Å². The average molecular weight is 462 g/mol. The van der Waals surface area contributed by atoms with E-state index in [2.05, 4.69) is 4.74 Å². The maximum atomic E-state index is 14.2. The van der Waals surface area contributed by atoms with Crippen LogP contribution in [0.25, 0.3) is 0 Å². The van der Waals surface area contributed by atoms with E-state index in [1.807, 2.05) is 0 Å². The minimum atomic E-state index is -4.88. The lowest BCUT2D eigenvalue weighted by atomic mass is 10.1. The van der Waals surface area contributed by atoms with Gasteiger partial charge in [-0.15, -0.1) is 13.2 Å².